The highest BCUT2D eigenvalue weighted by atomic mass is 16.5. The number of fused-ring (bicyclic) bond motifs is 5. The van der Waals surface area contributed by atoms with Gasteiger partial charge in [-0.2, -0.15) is 0 Å². The molecule has 3 aliphatic carbocycles. The van der Waals surface area contributed by atoms with Gasteiger partial charge in [-0.05, 0) is 49.9 Å². The zero-order chi connectivity index (χ0) is 10.4. The van der Waals surface area contributed by atoms with Crippen LogP contribution in [0.15, 0.2) is 12.2 Å². The summed E-state index contributed by atoms with van der Waals surface area (Å²) in [7, 11) is 0. The minimum atomic E-state index is -0.0150. The van der Waals surface area contributed by atoms with E-state index in [2.05, 4.69) is 19.1 Å². The average molecular weight is 205 g/mol. The van der Waals surface area contributed by atoms with Crippen LogP contribution in [0.5, 0.6) is 0 Å². The third-order valence-electron chi connectivity index (χ3n) is 4.49. The van der Waals surface area contributed by atoms with Gasteiger partial charge in [0.25, 0.3) is 0 Å². The molecular weight excluding hydrogens is 188 g/mol. The number of ether oxygens (including phenoxy) is 1. The van der Waals surface area contributed by atoms with Gasteiger partial charge < -0.3 is 4.74 Å². The predicted octanol–water partition coefficient (Wildman–Crippen LogP) is 2.21. The van der Waals surface area contributed by atoms with E-state index in [1.54, 1.807) is 0 Å². The highest BCUT2D eigenvalue weighted by Gasteiger charge is 2.51. The van der Waals surface area contributed by atoms with Crippen LogP contribution in [0.1, 0.15) is 19.3 Å². The molecular formula is C13H17O2. The van der Waals surface area contributed by atoms with Crippen molar-refractivity contribution in [1.82, 2.24) is 0 Å². The fourth-order valence-corrected chi connectivity index (χ4v) is 3.89. The molecule has 0 heterocycles. The van der Waals surface area contributed by atoms with Crippen molar-refractivity contribution in [3.05, 3.63) is 19.1 Å². The Labute approximate surface area is 90.7 Å². The zero-order valence-corrected chi connectivity index (χ0v) is 8.89. The van der Waals surface area contributed by atoms with Crippen molar-refractivity contribution in [1.29, 1.82) is 0 Å². The number of hydrogen-bond donors (Lipinski definition) is 0. The van der Waals surface area contributed by atoms with Crippen LogP contribution in [0.3, 0.4) is 0 Å². The van der Waals surface area contributed by atoms with E-state index in [0.717, 1.165) is 36.5 Å². The molecule has 81 valence electrons. The summed E-state index contributed by atoms with van der Waals surface area (Å²) in [6.45, 7) is 3.83. The Morgan fingerprint density at radius 2 is 1.80 bits per heavy atom. The maximum atomic E-state index is 11.6. The lowest BCUT2D eigenvalue weighted by Gasteiger charge is -2.18. The molecule has 4 atom stereocenters. The Morgan fingerprint density at radius 3 is 2.33 bits per heavy atom. The van der Waals surface area contributed by atoms with Crippen molar-refractivity contribution in [3.8, 4) is 0 Å². The first kappa shape index (κ1) is 9.44. The first-order valence-electron chi connectivity index (χ1n) is 5.94. The number of carbonyl (C=O) groups excluding carboxylic acids is 1. The average Bonchev–Trinajstić information content (AvgIpc) is 2.90. The predicted molar refractivity (Wildman–Crippen MR) is 56.8 cm³/mol. The van der Waals surface area contributed by atoms with Crippen molar-refractivity contribution >= 4 is 5.97 Å². The number of hydrogen-bond acceptors (Lipinski definition) is 2. The molecule has 15 heavy (non-hydrogen) atoms. The summed E-state index contributed by atoms with van der Waals surface area (Å²) in [5, 5.41) is 0. The highest BCUT2D eigenvalue weighted by molar-refractivity contribution is 5.73. The van der Waals surface area contributed by atoms with Crippen LogP contribution in [-0.2, 0) is 9.53 Å². The zero-order valence-electron chi connectivity index (χ0n) is 8.89. The number of carbonyl (C=O) groups is 1. The fraction of sp³-hybridized carbons (Fsp3) is 0.692. The maximum absolute atomic E-state index is 11.6. The minimum absolute atomic E-state index is 0.0150. The Hall–Kier alpha value is -0.790. The normalized spacial score (nSPS) is 45.8. The SMILES string of the molecule is [CH2]COC(=O)C1CC2C3C=CC(C3)C2C1. The largest absolute Gasteiger partial charge is 0.465 e. The van der Waals surface area contributed by atoms with Crippen molar-refractivity contribution < 1.29 is 9.53 Å². The van der Waals surface area contributed by atoms with E-state index in [4.69, 9.17) is 4.74 Å². The highest BCUT2D eigenvalue weighted by Crippen LogP contribution is 2.57. The van der Waals surface area contributed by atoms with Gasteiger partial charge in [-0.25, -0.2) is 0 Å². The van der Waals surface area contributed by atoms with E-state index >= 15 is 0 Å². The van der Waals surface area contributed by atoms with Crippen molar-refractivity contribution in [3.63, 3.8) is 0 Å². The third kappa shape index (κ3) is 1.34. The number of allylic oxidation sites excluding steroid dienone is 2. The molecule has 0 amide bonds. The minimum Gasteiger partial charge on any atom is -0.465 e. The molecule has 2 fully saturated rings. The molecule has 3 aliphatic rings. The molecule has 4 unspecified atom stereocenters. The van der Waals surface area contributed by atoms with Gasteiger partial charge in [0.05, 0.1) is 12.5 Å². The molecule has 0 saturated heterocycles. The van der Waals surface area contributed by atoms with E-state index in [-0.39, 0.29) is 18.5 Å². The fourth-order valence-electron chi connectivity index (χ4n) is 3.89. The van der Waals surface area contributed by atoms with Crippen molar-refractivity contribution in [2.24, 2.45) is 29.6 Å². The van der Waals surface area contributed by atoms with Gasteiger partial charge in [-0.3, -0.25) is 4.79 Å². The van der Waals surface area contributed by atoms with Gasteiger partial charge >= 0.3 is 5.97 Å². The quantitative estimate of drug-likeness (QED) is 0.510. The van der Waals surface area contributed by atoms with Crippen LogP contribution in [0.25, 0.3) is 0 Å². The standard InChI is InChI=1S/C13H17O2/c1-2-15-13(14)10-6-11-8-3-4-9(5-8)12(11)7-10/h3-4,8-12H,1-2,5-7H2. The van der Waals surface area contributed by atoms with Crippen LogP contribution in [0.2, 0.25) is 0 Å². The monoisotopic (exact) mass is 205 g/mol. The Morgan fingerprint density at radius 1 is 1.20 bits per heavy atom. The van der Waals surface area contributed by atoms with Gasteiger partial charge in [0.1, 0.15) is 0 Å². The van der Waals surface area contributed by atoms with Crippen LogP contribution in [-0.4, -0.2) is 12.6 Å². The molecule has 2 nitrogen and oxygen atoms in total. The van der Waals surface area contributed by atoms with E-state index in [0.29, 0.717) is 0 Å². The number of rotatable bonds is 2. The van der Waals surface area contributed by atoms with E-state index in [1.807, 2.05) is 0 Å². The van der Waals surface area contributed by atoms with E-state index < -0.39 is 0 Å². The molecule has 0 aromatic heterocycles. The summed E-state index contributed by atoms with van der Waals surface area (Å²) in [5.74, 6) is 3.20. The Bertz CT molecular complexity index is 288. The molecule has 0 aromatic rings. The van der Waals surface area contributed by atoms with Crippen LogP contribution in [0.4, 0.5) is 0 Å². The summed E-state index contributed by atoms with van der Waals surface area (Å²) in [5.41, 5.74) is 0. The summed E-state index contributed by atoms with van der Waals surface area (Å²) in [4.78, 5) is 11.6. The second-order valence-electron chi connectivity index (χ2n) is 5.11. The van der Waals surface area contributed by atoms with E-state index in [9.17, 15) is 4.79 Å². The van der Waals surface area contributed by atoms with Gasteiger partial charge in [-0.15, -0.1) is 0 Å². The number of esters is 1. The second kappa shape index (κ2) is 3.36. The molecule has 0 N–H and O–H groups in total. The lowest BCUT2D eigenvalue weighted by molar-refractivity contribution is -0.147. The first-order chi connectivity index (χ1) is 7.29. The summed E-state index contributed by atoms with van der Waals surface area (Å²) in [6.07, 6.45) is 8.16. The maximum Gasteiger partial charge on any atom is 0.308 e. The molecule has 0 spiro atoms. The lowest BCUT2D eigenvalue weighted by Crippen LogP contribution is -2.16. The summed E-state index contributed by atoms with van der Waals surface area (Å²) >= 11 is 0. The third-order valence-corrected chi connectivity index (χ3v) is 4.49. The van der Waals surface area contributed by atoms with E-state index in [1.165, 1.54) is 6.42 Å². The smallest absolute Gasteiger partial charge is 0.308 e. The topological polar surface area (TPSA) is 26.3 Å². The molecule has 0 aromatic carbocycles. The van der Waals surface area contributed by atoms with Crippen LogP contribution < -0.4 is 0 Å². The first-order valence-corrected chi connectivity index (χ1v) is 5.94. The molecule has 2 bridgehead atoms. The Balaban J connectivity index is 1.68. The molecule has 3 rings (SSSR count). The van der Waals surface area contributed by atoms with Crippen molar-refractivity contribution in [2.45, 2.75) is 19.3 Å². The van der Waals surface area contributed by atoms with Gasteiger partial charge in [0.2, 0.25) is 0 Å². The summed E-state index contributed by atoms with van der Waals surface area (Å²) in [6, 6.07) is 0. The Kier molecular flexibility index (Phi) is 2.11. The molecule has 2 saturated carbocycles. The summed E-state index contributed by atoms with van der Waals surface area (Å²) < 4.78 is 5.01. The van der Waals surface area contributed by atoms with Gasteiger partial charge in [-0.1, -0.05) is 12.2 Å². The van der Waals surface area contributed by atoms with Crippen LogP contribution >= 0.6 is 0 Å². The van der Waals surface area contributed by atoms with Gasteiger partial charge in [0, 0.05) is 0 Å². The molecule has 0 aliphatic heterocycles. The molecule has 1 radical (unpaired) electrons. The second-order valence-corrected chi connectivity index (χ2v) is 5.11. The van der Waals surface area contributed by atoms with Gasteiger partial charge in [0.15, 0.2) is 0 Å². The van der Waals surface area contributed by atoms with Crippen molar-refractivity contribution in [2.75, 3.05) is 6.61 Å². The van der Waals surface area contributed by atoms with Crippen LogP contribution in [0, 0.1) is 36.5 Å². The molecule has 2 heteroatoms. The lowest BCUT2D eigenvalue weighted by atomic mass is 9.86.